The first-order chi connectivity index (χ1) is 12.8. The van der Waals surface area contributed by atoms with Gasteiger partial charge in [-0.05, 0) is 67.1 Å². The number of amides is 1. The number of piperidine rings is 1. The zero-order valence-corrected chi connectivity index (χ0v) is 17.1. The Labute approximate surface area is 163 Å². The lowest BCUT2D eigenvalue weighted by Gasteiger charge is -2.36. The van der Waals surface area contributed by atoms with Crippen LogP contribution in [0.25, 0.3) is 0 Å². The molecular formula is C23H35N3O. The van der Waals surface area contributed by atoms with Crippen LogP contribution in [0, 0.1) is 17.8 Å². The van der Waals surface area contributed by atoms with Crippen LogP contribution in [0.2, 0.25) is 0 Å². The molecule has 4 nitrogen and oxygen atoms in total. The minimum Gasteiger partial charge on any atom is -0.371 e. The van der Waals surface area contributed by atoms with Crippen LogP contribution < -0.4 is 16.0 Å². The molecule has 4 atom stereocenters. The lowest BCUT2D eigenvalue weighted by molar-refractivity contribution is -0.127. The highest BCUT2D eigenvalue weighted by Crippen LogP contribution is 2.47. The molecule has 148 valence electrons. The average Bonchev–Trinajstić information content (AvgIpc) is 3.23. The number of carbonyl (C=O) groups is 1. The van der Waals surface area contributed by atoms with E-state index in [1.54, 1.807) is 0 Å². The molecule has 0 aromatic heterocycles. The molecule has 1 amide bonds. The molecule has 3 N–H and O–H groups in total. The Kier molecular flexibility index (Phi) is 4.96. The summed E-state index contributed by atoms with van der Waals surface area (Å²) in [6.07, 6.45) is 5.62. The maximum Gasteiger partial charge on any atom is 0.225 e. The van der Waals surface area contributed by atoms with Gasteiger partial charge in [0, 0.05) is 30.9 Å². The van der Waals surface area contributed by atoms with E-state index < -0.39 is 0 Å². The smallest absolute Gasteiger partial charge is 0.225 e. The number of benzene rings is 1. The third-order valence-corrected chi connectivity index (χ3v) is 7.22. The lowest BCUT2D eigenvalue weighted by atomic mass is 9.84. The van der Waals surface area contributed by atoms with Crippen LogP contribution in [0.4, 0.5) is 5.69 Å². The van der Waals surface area contributed by atoms with Crippen molar-refractivity contribution in [3.05, 3.63) is 29.8 Å². The highest BCUT2D eigenvalue weighted by atomic mass is 16.2. The molecule has 3 aliphatic rings. The largest absolute Gasteiger partial charge is 0.371 e. The fraction of sp³-hybridized carbons (Fsp3) is 0.696. The number of nitrogens with one attached hydrogen (secondary N) is 1. The van der Waals surface area contributed by atoms with Gasteiger partial charge < -0.3 is 16.0 Å². The molecule has 4 rings (SSSR count). The summed E-state index contributed by atoms with van der Waals surface area (Å²) in [6.45, 7) is 8.75. The van der Waals surface area contributed by atoms with Crippen LogP contribution in [-0.2, 0) is 10.2 Å². The molecule has 1 heterocycles. The Morgan fingerprint density at radius 2 is 1.67 bits per heavy atom. The van der Waals surface area contributed by atoms with E-state index in [9.17, 15) is 4.79 Å². The third kappa shape index (κ3) is 3.73. The van der Waals surface area contributed by atoms with Crippen molar-refractivity contribution in [1.82, 2.24) is 5.32 Å². The molecule has 27 heavy (non-hydrogen) atoms. The number of rotatable bonds is 3. The Hall–Kier alpha value is -1.55. The van der Waals surface area contributed by atoms with Crippen molar-refractivity contribution in [2.45, 2.75) is 70.4 Å². The van der Waals surface area contributed by atoms with Gasteiger partial charge >= 0.3 is 0 Å². The van der Waals surface area contributed by atoms with Crippen molar-refractivity contribution >= 4 is 11.6 Å². The van der Waals surface area contributed by atoms with Crippen LogP contribution in [0.3, 0.4) is 0 Å². The number of hydrogen-bond acceptors (Lipinski definition) is 3. The van der Waals surface area contributed by atoms with E-state index in [2.05, 4.69) is 55.3 Å². The maximum atomic E-state index is 12.8. The van der Waals surface area contributed by atoms with Crippen LogP contribution in [0.1, 0.15) is 58.4 Å². The summed E-state index contributed by atoms with van der Waals surface area (Å²) in [4.78, 5) is 15.2. The highest BCUT2D eigenvalue weighted by molar-refractivity contribution is 5.80. The average molecular weight is 370 g/mol. The third-order valence-electron chi connectivity index (χ3n) is 7.22. The first-order valence-electron chi connectivity index (χ1n) is 10.7. The van der Waals surface area contributed by atoms with E-state index in [-0.39, 0.29) is 23.3 Å². The molecule has 1 aromatic rings. The molecule has 4 heteroatoms. The molecule has 0 spiro atoms. The second-order valence-corrected chi connectivity index (χ2v) is 10.0. The maximum absolute atomic E-state index is 12.8. The molecule has 2 saturated carbocycles. The number of nitrogens with two attached hydrogens (primary N) is 1. The molecule has 1 aliphatic heterocycles. The van der Waals surface area contributed by atoms with Crippen LogP contribution in [-0.4, -0.2) is 31.1 Å². The summed E-state index contributed by atoms with van der Waals surface area (Å²) >= 11 is 0. The topological polar surface area (TPSA) is 58.4 Å². The molecule has 2 bridgehead atoms. The standard InChI is InChI=1S/C23H35N3O/c1-23(2,3)17-6-8-19(9-7-17)26-12-10-18(11-13-26)25-22(27)20-15-4-5-16(14-15)21(20)24/h6-9,15-16,18,20-21H,4-5,10-14,24H2,1-3H3,(H,25,27). The minimum atomic E-state index is 0.0618. The van der Waals surface area contributed by atoms with Gasteiger partial charge in [0.25, 0.3) is 0 Å². The van der Waals surface area contributed by atoms with E-state index in [0.29, 0.717) is 17.9 Å². The van der Waals surface area contributed by atoms with Crippen molar-refractivity contribution in [2.75, 3.05) is 18.0 Å². The summed E-state index contributed by atoms with van der Waals surface area (Å²) in [5.74, 6) is 1.41. The van der Waals surface area contributed by atoms with Gasteiger partial charge in [-0.2, -0.15) is 0 Å². The summed E-state index contributed by atoms with van der Waals surface area (Å²) < 4.78 is 0. The molecule has 2 aliphatic carbocycles. The monoisotopic (exact) mass is 369 g/mol. The fourth-order valence-corrected chi connectivity index (χ4v) is 5.48. The van der Waals surface area contributed by atoms with Gasteiger partial charge in [-0.3, -0.25) is 4.79 Å². The van der Waals surface area contributed by atoms with E-state index in [1.807, 2.05) is 0 Å². The summed E-state index contributed by atoms with van der Waals surface area (Å²) in [6, 6.07) is 9.38. The van der Waals surface area contributed by atoms with Crippen molar-refractivity contribution < 1.29 is 4.79 Å². The predicted molar refractivity (Wildman–Crippen MR) is 111 cm³/mol. The van der Waals surface area contributed by atoms with Crippen LogP contribution in [0.15, 0.2) is 24.3 Å². The number of hydrogen-bond donors (Lipinski definition) is 2. The van der Waals surface area contributed by atoms with E-state index in [1.165, 1.54) is 30.5 Å². The first kappa shape index (κ1) is 18.8. The molecule has 4 unspecified atom stereocenters. The summed E-state index contributed by atoms with van der Waals surface area (Å²) in [5, 5.41) is 3.33. The fourth-order valence-electron chi connectivity index (χ4n) is 5.48. The zero-order valence-electron chi connectivity index (χ0n) is 17.1. The van der Waals surface area contributed by atoms with Gasteiger partial charge in [-0.1, -0.05) is 32.9 Å². The second-order valence-electron chi connectivity index (χ2n) is 10.0. The minimum absolute atomic E-state index is 0.0618. The normalized spacial score (nSPS) is 31.3. The number of fused-ring (bicyclic) bond motifs is 2. The van der Waals surface area contributed by atoms with Gasteiger partial charge in [-0.15, -0.1) is 0 Å². The van der Waals surface area contributed by atoms with Crippen molar-refractivity contribution in [3.63, 3.8) is 0 Å². The second kappa shape index (κ2) is 7.12. The van der Waals surface area contributed by atoms with Gasteiger partial charge in [0.1, 0.15) is 0 Å². The number of anilines is 1. The van der Waals surface area contributed by atoms with Gasteiger partial charge in [0.05, 0.1) is 5.92 Å². The number of nitrogens with zero attached hydrogens (tertiary/aromatic N) is 1. The van der Waals surface area contributed by atoms with E-state index >= 15 is 0 Å². The first-order valence-corrected chi connectivity index (χ1v) is 10.7. The van der Waals surface area contributed by atoms with Crippen molar-refractivity contribution in [2.24, 2.45) is 23.5 Å². The lowest BCUT2D eigenvalue weighted by Crippen LogP contribution is -2.51. The molecule has 1 saturated heterocycles. The van der Waals surface area contributed by atoms with Crippen LogP contribution >= 0.6 is 0 Å². The highest BCUT2D eigenvalue weighted by Gasteiger charge is 2.49. The Balaban J connectivity index is 1.30. The Bertz CT molecular complexity index is 668. The molecule has 1 aromatic carbocycles. The van der Waals surface area contributed by atoms with Gasteiger partial charge in [-0.25, -0.2) is 0 Å². The molecular weight excluding hydrogens is 334 g/mol. The quantitative estimate of drug-likeness (QED) is 0.858. The molecule has 3 fully saturated rings. The SMILES string of the molecule is CC(C)(C)c1ccc(N2CCC(NC(=O)C3C4CCC(C4)C3N)CC2)cc1. The van der Waals surface area contributed by atoms with E-state index in [4.69, 9.17) is 5.73 Å². The summed E-state index contributed by atoms with van der Waals surface area (Å²) in [7, 11) is 0. The van der Waals surface area contributed by atoms with Crippen molar-refractivity contribution in [3.8, 4) is 0 Å². The Morgan fingerprint density at radius 3 is 2.22 bits per heavy atom. The number of carbonyl (C=O) groups excluding carboxylic acids is 1. The molecule has 0 radical (unpaired) electrons. The summed E-state index contributed by atoms with van der Waals surface area (Å²) in [5.41, 5.74) is 9.20. The van der Waals surface area contributed by atoms with Gasteiger partial charge in [0.15, 0.2) is 0 Å². The van der Waals surface area contributed by atoms with Crippen molar-refractivity contribution in [1.29, 1.82) is 0 Å². The Morgan fingerprint density at radius 1 is 1.04 bits per heavy atom. The van der Waals surface area contributed by atoms with Crippen LogP contribution in [0.5, 0.6) is 0 Å². The zero-order chi connectivity index (χ0) is 19.2. The van der Waals surface area contributed by atoms with E-state index in [0.717, 1.165) is 25.9 Å². The van der Waals surface area contributed by atoms with Gasteiger partial charge in [0.2, 0.25) is 5.91 Å². The predicted octanol–water partition coefficient (Wildman–Crippen LogP) is 3.44.